The maximum atomic E-state index is 2.32. The summed E-state index contributed by atoms with van der Waals surface area (Å²) in [5.41, 5.74) is 17.0. The molecule has 290 valence electrons. The van der Waals surface area contributed by atoms with E-state index in [1.54, 1.807) is 0 Å². The lowest BCUT2D eigenvalue weighted by Gasteiger charge is -2.18. The fraction of sp³-hybridized carbons (Fsp3) is 0. The Hall–Kier alpha value is -8.06. The molecule has 0 atom stereocenters. The molecule has 0 heteroatoms. The molecule has 0 aliphatic carbocycles. The van der Waals surface area contributed by atoms with E-state index in [0.717, 1.165) is 0 Å². The van der Waals surface area contributed by atoms with Crippen LogP contribution >= 0.6 is 0 Å². The number of hydrogen-bond acceptors (Lipinski definition) is 0. The third kappa shape index (κ3) is 7.08. The highest BCUT2D eigenvalue weighted by Gasteiger charge is 2.17. The summed E-state index contributed by atoms with van der Waals surface area (Å²) in [6.45, 7) is 0. The Balaban J connectivity index is 0.920. The first-order chi connectivity index (χ1) is 30.7. The second kappa shape index (κ2) is 16.2. The van der Waals surface area contributed by atoms with Gasteiger partial charge in [-0.2, -0.15) is 0 Å². The van der Waals surface area contributed by atoms with Crippen LogP contribution < -0.4 is 0 Å². The smallest absolute Gasteiger partial charge is 0.00264 e. The highest BCUT2D eigenvalue weighted by Crippen LogP contribution is 2.44. The van der Waals surface area contributed by atoms with Crippen LogP contribution in [-0.4, -0.2) is 0 Å². The molecule has 0 bridgehead atoms. The van der Waals surface area contributed by atoms with Gasteiger partial charge in [-0.1, -0.05) is 237 Å². The lowest BCUT2D eigenvalue weighted by atomic mass is 9.85. The molecule has 0 spiro atoms. The summed E-state index contributed by atoms with van der Waals surface area (Å²) < 4.78 is 0. The van der Waals surface area contributed by atoms with E-state index in [-0.39, 0.29) is 0 Å². The van der Waals surface area contributed by atoms with Gasteiger partial charge in [-0.3, -0.25) is 0 Å². The molecule has 11 aromatic rings. The van der Waals surface area contributed by atoms with Crippen LogP contribution in [-0.2, 0) is 0 Å². The molecule has 0 heterocycles. The van der Waals surface area contributed by atoms with Crippen molar-refractivity contribution in [1.82, 2.24) is 0 Å². The van der Waals surface area contributed by atoms with Gasteiger partial charge < -0.3 is 0 Å². The SMILES string of the molecule is C(=C\c1ccc(-c2c3ccccc3c(-c3ccc(-c4cc(-c5ccccc5)cc(-c5ccccc5)c4)cc3)c3ccccc23)cc1)/c1ccc(-c2cccc3ccccc23)cc1. The zero-order valence-corrected chi connectivity index (χ0v) is 34.2. The van der Waals surface area contributed by atoms with Crippen LogP contribution in [0.2, 0.25) is 0 Å². The van der Waals surface area contributed by atoms with E-state index in [2.05, 4.69) is 255 Å². The van der Waals surface area contributed by atoms with Crippen molar-refractivity contribution in [3.8, 4) is 66.8 Å². The number of rotatable bonds is 8. The molecule has 0 nitrogen and oxygen atoms in total. The third-order valence-electron chi connectivity index (χ3n) is 12.3. The Labute approximate surface area is 363 Å². The highest BCUT2D eigenvalue weighted by molar-refractivity contribution is 6.21. The van der Waals surface area contributed by atoms with Crippen LogP contribution in [0.3, 0.4) is 0 Å². The van der Waals surface area contributed by atoms with Gasteiger partial charge in [0.25, 0.3) is 0 Å². The van der Waals surface area contributed by atoms with Crippen molar-refractivity contribution in [3.05, 3.63) is 254 Å². The van der Waals surface area contributed by atoms with Crippen LogP contribution in [0.5, 0.6) is 0 Å². The summed E-state index contributed by atoms with van der Waals surface area (Å²) in [7, 11) is 0. The molecular formula is C62H42. The third-order valence-corrected chi connectivity index (χ3v) is 12.3. The van der Waals surface area contributed by atoms with Gasteiger partial charge in [-0.05, 0) is 128 Å². The standard InChI is InChI=1S/C62H42/c1-3-14-45(15-4-1)52-40-53(46-16-5-2-6-17-46)42-54(41-52)47-36-38-51(39-37-47)62-59-23-11-9-21-57(59)61(58-22-10-12-24-60(58)62)50-34-30-44(31-35-50)27-26-43-28-32-49(33-29-43)56-25-13-19-48-18-7-8-20-55(48)56/h1-42H/b27-26+. The first kappa shape index (κ1) is 37.0. The Kier molecular flexibility index (Phi) is 9.65. The first-order valence-corrected chi connectivity index (χ1v) is 21.4. The van der Waals surface area contributed by atoms with Crippen molar-refractivity contribution in [2.24, 2.45) is 0 Å². The van der Waals surface area contributed by atoms with Crippen molar-refractivity contribution in [2.75, 3.05) is 0 Å². The van der Waals surface area contributed by atoms with Gasteiger partial charge in [0, 0.05) is 0 Å². The predicted molar refractivity (Wildman–Crippen MR) is 267 cm³/mol. The van der Waals surface area contributed by atoms with E-state index >= 15 is 0 Å². The molecule has 0 aliphatic rings. The number of hydrogen-bond donors (Lipinski definition) is 0. The predicted octanol–water partition coefficient (Wildman–Crippen LogP) is 17.3. The molecule has 0 saturated carbocycles. The van der Waals surface area contributed by atoms with Crippen LogP contribution in [0.15, 0.2) is 243 Å². The minimum Gasteiger partial charge on any atom is -0.0622 e. The monoisotopic (exact) mass is 786 g/mol. The molecule has 0 N–H and O–H groups in total. The van der Waals surface area contributed by atoms with Gasteiger partial charge in [0.2, 0.25) is 0 Å². The Morgan fingerprint density at radius 3 is 1.02 bits per heavy atom. The van der Waals surface area contributed by atoms with Gasteiger partial charge in [0.1, 0.15) is 0 Å². The maximum absolute atomic E-state index is 2.32. The lowest BCUT2D eigenvalue weighted by molar-refractivity contribution is 1.56. The van der Waals surface area contributed by atoms with Crippen LogP contribution in [0.1, 0.15) is 11.1 Å². The lowest BCUT2D eigenvalue weighted by Crippen LogP contribution is -1.91. The van der Waals surface area contributed by atoms with Crippen molar-refractivity contribution in [1.29, 1.82) is 0 Å². The molecule has 0 fully saturated rings. The Bertz CT molecular complexity index is 3270. The van der Waals surface area contributed by atoms with E-state index in [9.17, 15) is 0 Å². The Morgan fingerprint density at radius 2 is 0.548 bits per heavy atom. The van der Waals surface area contributed by atoms with E-state index in [1.807, 2.05) is 0 Å². The quantitative estimate of drug-likeness (QED) is 0.106. The molecule has 11 rings (SSSR count). The van der Waals surface area contributed by atoms with E-state index < -0.39 is 0 Å². The first-order valence-electron chi connectivity index (χ1n) is 21.4. The summed E-state index contributed by atoms with van der Waals surface area (Å²) in [6, 6.07) is 88.3. The molecule has 11 aromatic carbocycles. The van der Waals surface area contributed by atoms with Crippen LogP contribution in [0.4, 0.5) is 0 Å². The second-order valence-corrected chi connectivity index (χ2v) is 16.1. The van der Waals surface area contributed by atoms with Gasteiger partial charge in [0.05, 0.1) is 0 Å². The zero-order valence-electron chi connectivity index (χ0n) is 34.2. The molecule has 0 aliphatic heterocycles. The Morgan fingerprint density at radius 1 is 0.210 bits per heavy atom. The van der Waals surface area contributed by atoms with Gasteiger partial charge in [0.15, 0.2) is 0 Å². The fourth-order valence-corrected chi connectivity index (χ4v) is 9.17. The largest absolute Gasteiger partial charge is 0.0622 e. The normalized spacial score (nSPS) is 11.5. The summed E-state index contributed by atoms with van der Waals surface area (Å²) >= 11 is 0. The van der Waals surface area contributed by atoms with E-state index in [1.165, 1.54) is 110 Å². The van der Waals surface area contributed by atoms with Gasteiger partial charge in [-0.25, -0.2) is 0 Å². The van der Waals surface area contributed by atoms with Crippen molar-refractivity contribution in [2.45, 2.75) is 0 Å². The number of fused-ring (bicyclic) bond motifs is 3. The zero-order chi connectivity index (χ0) is 41.2. The van der Waals surface area contributed by atoms with Crippen LogP contribution in [0.25, 0.3) is 111 Å². The molecule has 0 radical (unpaired) electrons. The van der Waals surface area contributed by atoms with E-state index in [4.69, 9.17) is 0 Å². The second-order valence-electron chi connectivity index (χ2n) is 16.1. The fourth-order valence-electron chi connectivity index (χ4n) is 9.17. The highest BCUT2D eigenvalue weighted by atomic mass is 14.2. The van der Waals surface area contributed by atoms with Crippen molar-refractivity contribution >= 4 is 44.5 Å². The molecule has 62 heavy (non-hydrogen) atoms. The average Bonchev–Trinajstić information content (AvgIpc) is 3.35. The summed E-state index contributed by atoms with van der Waals surface area (Å²) in [6.07, 6.45) is 4.41. The van der Waals surface area contributed by atoms with Crippen molar-refractivity contribution < 1.29 is 0 Å². The summed E-state index contributed by atoms with van der Waals surface area (Å²) in [4.78, 5) is 0. The minimum absolute atomic E-state index is 1.17. The topological polar surface area (TPSA) is 0 Å². The number of benzene rings is 11. The molecular weight excluding hydrogens is 745 g/mol. The van der Waals surface area contributed by atoms with Gasteiger partial charge >= 0.3 is 0 Å². The minimum atomic E-state index is 1.17. The summed E-state index contributed by atoms with van der Waals surface area (Å²) in [5.74, 6) is 0. The summed E-state index contributed by atoms with van der Waals surface area (Å²) in [5, 5.41) is 7.55. The molecule has 0 aromatic heterocycles. The maximum Gasteiger partial charge on any atom is -0.00264 e. The average molecular weight is 787 g/mol. The van der Waals surface area contributed by atoms with E-state index in [0.29, 0.717) is 0 Å². The molecule has 0 unspecified atom stereocenters. The van der Waals surface area contributed by atoms with Gasteiger partial charge in [-0.15, -0.1) is 0 Å². The van der Waals surface area contributed by atoms with Crippen molar-refractivity contribution in [3.63, 3.8) is 0 Å². The van der Waals surface area contributed by atoms with Crippen LogP contribution in [0, 0.1) is 0 Å². The molecule has 0 amide bonds. The molecule has 0 saturated heterocycles.